The average molecular weight is 331 g/mol. The Morgan fingerprint density at radius 3 is 2.59 bits per heavy atom. The summed E-state index contributed by atoms with van der Waals surface area (Å²) >= 11 is 2.08. The molecule has 6 nitrogen and oxygen atoms in total. The predicted molar refractivity (Wildman–Crippen MR) is 82.7 cm³/mol. The van der Waals surface area contributed by atoms with Crippen LogP contribution in [0.2, 0.25) is 0 Å². The third kappa shape index (κ3) is 2.02. The van der Waals surface area contributed by atoms with Gasteiger partial charge in [0.05, 0.1) is 34.7 Å². The molecule has 4 rings (SSSR count). The molecule has 0 saturated heterocycles. The maximum absolute atomic E-state index is 13.7. The van der Waals surface area contributed by atoms with Gasteiger partial charge in [0.15, 0.2) is 0 Å². The van der Waals surface area contributed by atoms with Gasteiger partial charge in [0.1, 0.15) is 27.9 Å². The van der Waals surface area contributed by atoms with Crippen molar-refractivity contribution < 1.29 is 9.18 Å². The zero-order valence-corrected chi connectivity index (χ0v) is 12.4. The Morgan fingerprint density at radius 2 is 1.73 bits per heavy atom. The number of nitrogens with one attached hydrogen (secondary N) is 1. The first-order chi connectivity index (χ1) is 10.7. The maximum Gasteiger partial charge on any atom is 0.258 e. The third-order valence-corrected chi connectivity index (χ3v) is 4.20. The van der Waals surface area contributed by atoms with E-state index in [9.17, 15) is 9.18 Å². The van der Waals surface area contributed by atoms with Gasteiger partial charge in [-0.25, -0.2) is 4.39 Å². The molecule has 0 bridgehead atoms. The van der Waals surface area contributed by atoms with Crippen molar-refractivity contribution in [3.8, 4) is 0 Å². The van der Waals surface area contributed by atoms with Gasteiger partial charge in [0.25, 0.3) is 5.91 Å². The number of benzene rings is 2. The summed E-state index contributed by atoms with van der Waals surface area (Å²) in [6, 6.07) is 7.46. The highest BCUT2D eigenvalue weighted by atomic mass is 32.1. The van der Waals surface area contributed by atoms with E-state index in [0.29, 0.717) is 27.8 Å². The van der Waals surface area contributed by atoms with Gasteiger partial charge in [-0.3, -0.25) is 4.79 Å². The van der Waals surface area contributed by atoms with Crippen LogP contribution in [0.3, 0.4) is 0 Å². The van der Waals surface area contributed by atoms with Crippen molar-refractivity contribution in [2.24, 2.45) is 0 Å². The first kappa shape index (κ1) is 13.2. The van der Waals surface area contributed by atoms with E-state index in [0.717, 1.165) is 23.5 Å². The number of amides is 1. The Bertz CT molecular complexity index is 1010. The molecule has 0 aliphatic carbocycles. The Morgan fingerprint density at radius 1 is 1.00 bits per heavy atom. The number of nitrogens with zero attached hydrogens (tertiary/aromatic N) is 4. The smallest absolute Gasteiger partial charge is 0.258 e. The van der Waals surface area contributed by atoms with Crippen molar-refractivity contribution in [2.75, 3.05) is 5.32 Å². The molecule has 0 fully saturated rings. The van der Waals surface area contributed by atoms with E-state index in [4.69, 9.17) is 0 Å². The van der Waals surface area contributed by atoms with E-state index in [1.165, 1.54) is 18.2 Å². The highest BCUT2D eigenvalue weighted by Crippen LogP contribution is 2.29. The average Bonchev–Trinajstić information content (AvgIpc) is 3.15. The fourth-order valence-corrected chi connectivity index (χ4v) is 3.20. The molecule has 1 N–H and O–H groups in total. The molecule has 4 aromatic rings. The monoisotopic (exact) mass is 331 g/mol. The van der Waals surface area contributed by atoms with Crippen molar-refractivity contribution in [1.82, 2.24) is 17.5 Å². The van der Waals surface area contributed by atoms with Gasteiger partial charge < -0.3 is 5.32 Å². The minimum absolute atomic E-state index is 0.0321. The molecule has 1 amide bonds. The van der Waals surface area contributed by atoms with Crippen molar-refractivity contribution in [3.63, 3.8) is 0 Å². The van der Waals surface area contributed by atoms with Gasteiger partial charge >= 0.3 is 0 Å². The van der Waals surface area contributed by atoms with E-state index in [2.05, 4.69) is 22.8 Å². The summed E-state index contributed by atoms with van der Waals surface area (Å²) in [6.45, 7) is 0. The van der Waals surface area contributed by atoms with E-state index >= 15 is 0 Å². The minimum Gasteiger partial charge on any atom is -0.320 e. The molecule has 2 heterocycles. The van der Waals surface area contributed by atoms with Crippen LogP contribution in [0.25, 0.3) is 22.1 Å². The number of aromatic nitrogens is 4. The molecule has 0 unspecified atom stereocenters. The molecule has 0 aliphatic heterocycles. The number of halogens is 1. The quantitative estimate of drug-likeness (QED) is 0.610. The summed E-state index contributed by atoms with van der Waals surface area (Å²) < 4.78 is 30.4. The fourth-order valence-electron chi connectivity index (χ4n) is 2.11. The Kier molecular flexibility index (Phi) is 3.01. The first-order valence-corrected chi connectivity index (χ1v) is 7.63. The van der Waals surface area contributed by atoms with Crippen LogP contribution in [0.4, 0.5) is 10.1 Å². The first-order valence-electron chi connectivity index (χ1n) is 6.17. The molecule has 0 atom stereocenters. The molecule has 0 radical (unpaired) electrons. The molecule has 0 aliphatic rings. The summed E-state index contributed by atoms with van der Waals surface area (Å²) in [5.74, 6) is -1.13. The van der Waals surface area contributed by atoms with Crippen LogP contribution in [0.15, 0.2) is 30.3 Å². The highest BCUT2D eigenvalue weighted by Gasteiger charge is 2.17. The molecule has 9 heteroatoms. The molecule has 0 saturated carbocycles. The summed E-state index contributed by atoms with van der Waals surface area (Å²) in [5.41, 5.74) is 2.79. The summed E-state index contributed by atoms with van der Waals surface area (Å²) in [6.07, 6.45) is 0. The van der Waals surface area contributed by atoms with Gasteiger partial charge in [-0.2, -0.15) is 17.5 Å². The van der Waals surface area contributed by atoms with Gasteiger partial charge in [0.2, 0.25) is 0 Å². The van der Waals surface area contributed by atoms with Gasteiger partial charge in [-0.15, -0.1) is 0 Å². The number of hydrogen-bond donors (Lipinski definition) is 1. The van der Waals surface area contributed by atoms with Crippen LogP contribution < -0.4 is 5.32 Å². The number of hydrogen-bond acceptors (Lipinski definition) is 7. The minimum atomic E-state index is -0.580. The number of carbonyl (C=O) groups is 1. The maximum atomic E-state index is 13.7. The molecule has 22 heavy (non-hydrogen) atoms. The van der Waals surface area contributed by atoms with Gasteiger partial charge in [0, 0.05) is 0 Å². The van der Waals surface area contributed by atoms with E-state index in [1.54, 1.807) is 12.1 Å². The second kappa shape index (κ2) is 5.04. The van der Waals surface area contributed by atoms with Crippen molar-refractivity contribution in [1.29, 1.82) is 0 Å². The molecular formula is C13H6FN5OS2. The molecule has 0 spiro atoms. The lowest BCUT2D eigenvalue weighted by Crippen LogP contribution is -2.14. The Labute approximate surface area is 131 Å². The molecule has 2 aromatic carbocycles. The van der Waals surface area contributed by atoms with Gasteiger partial charge in [-0.1, -0.05) is 12.1 Å². The van der Waals surface area contributed by atoms with E-state index in [1.807, 2.05) is 0 Å². The third-order valence-electron chi connectivity index (χ3n) is 3.13. The lowest BCUT2D eigenvalue weighted by Gasteiger charge is -2.06. The van der Waals surface area contributed by atoms with E-state index < -0.39 is 11.7 Å². The summed E-state index contributed by atoms with van der Waals surface area (Å²) in [4.78, 5) is 12.2. The zero-order valence-electron chi connectivity index (χ0n) is 10.8. The van der Waals surface area contributed by atoms with Crippen LogP contribution in [0.1, 0.15) is 10.4 Å². The molecule has 2 aromatic heterocycles. The second-order valence-electron chi connectivity index (χ2n) is 4.45. The summed E-state index contributed by atoms with van der Waals surface area (Å²) in [7, 11) is 0. The largest absolute Gasteiger partial charge is 0.320 e. The fraction of sp³-hybridized carbons (Fsp3) is 0. The van der Waals surface area contributed by atoms with Crippen molar-refractivity contribution in [2.45, 2.75) is 0 Å². The van der Waals surface area contributed by atoms with Crippen LogP contribution in [-0.2, 0) is 0 Å². The van der Waals surface area contributed by atoms with Gasteiger partial charge in [-0.05, 0) is 18.2 Å². The predicted octanol–water partition coefficient (Wildman–Crippen LogP) is 3.09. The number of fused-ring (bicyclic) bond motifs is 3. The number of rotatable bonds is 2. The number of anilines is 1. The second-order valence-corrected chi connectivity index (χ2v) is 5.51. The number of carbonyl (C=O) groups excluding carboxylic acids is 1. The topological polar surface area (TPSA) is 80.7 Å². The van der Waals surface area contributed by atoms with Crippen molar-refractivity contribution in [3.05, 3.63) is 41.7 Å². The molecular weight excluding hydrogens is 325 g/mol. The molecule has 108 valence electrons. The lowest BCUT2D eigenvalue weighted by molar-refractivity contribution is 0.102. The summed E-state index contributed by atoms with van der Waals surface area (Å²) in [5, 5.41) is 2.67. The lowest BCUT2D eigenvalue weighted by atomic mass is 10.2. The van der Waals surface area contributed by atoms with Crippen LogP contribution in [-0.4, -0.2) is 23.4 Å². The van der Waals surface area contributed by atoms with Crippen LogP contribution >= 0.6 is 23.5 Å². The normalized spacial score (nSPS) is 11.1. The Hall–Kier alpha value is -2.52. The Balaban J connectivity index is 1.82. The van der Waals surface area contributed by atoms with Crippen LogP contribution in [0.5, 0.6) is 0 Å². The SMILES string of the molecule is O=C(Nc1cc2nsnc2c2nsnc12)c1ccccc1F. The van der Waals surface area contributed by atoms with Crippen molar-refractivity contribution >= 4 is 57.1 Å². The highest BCUT2D eigenvalue weighted by molar-refractivity contribution is 7.01. The van der Waals surface area contributed by atoms with Crippen LogP contribution in [0, 0.1) is 5.82 Å². The zero-order chi connectivity index (χ0) is 15.1. The standard InChI is InChI=1S/C13H6FN5OS2/c14-7-4-2-1-3-6(7)13(20)15-8-5-9-11(18-21-16-9)12-10(8)17-22-19-12/h1-5H,(H,15,20). The van der Waals surface area contributed by atoms with E-state index in [-0.39, 0.29) is 5.56 Å².